The van der Waals surface area contributed by atoms with Crippen LogP contribution < -0.4 is 5.32 Å². The van der Waals surface area contributed by atoms with E-state index in [9.17, 15) is 4.79 Å². The zero-order valence-corrected chi connectivity index (χ0v) is 15.5. The number of rotatable bonds is 4. The van der Waals surface area contributed by atoms with Crippen molar-refractivity contribution in [2.75, 3.05) is 18.5 Å². The van der Waals surface area contributed by atoms with Crippen molar-refractivity contribution in [3.8, 4) is 5.69 Å². The first-order chi connectivity index (χ1) is 13.8. The Bertz CT molecular complexity index is 979. The van der Waals surface area contributed by atoms with Crippen molar-refractivity contribution in [1.29, 1.82) is 0 Å². The molecular weight excluding hydrogens is 352 g/mol. The highest BCUT2D eigenvalue weighted by molar-refractivity contribution is 6.01. The van der Waals surface area contributed by atoms with Crippen LogP contribution in [0.3, 0.4) is 0 Å². The fourth-order valence-electron chi connectivity index (χ4n) is 3.95. The number of ether oxygens (including phenoxy) is 1. The van der Waals surface area contributed by atoms with Crippen LogP contribution in [-0.2, 0) is 4.74 Å². The number of aromatic nitrogens is 2. The summed E-state index contributed by atoms with van der Waals surface area (Å²) < 4.78 is 7.65. The topological polar surface area (TPSA) is 59.4 Å². The Hall–Kier alpha value is -3.12. The molecule has 0 bridgehead atoms. The molecule has 2 aliphatic rings. The van der Waals surface area contributed by atoms with E-state index >= 15 is 0 Å². The number of anilines is 1. The van der Waals surface area contributed by atoms with Gasteiger partial charge in [0, 0.05) is 30.6 Å². The maximum atomic E-state index is 13.3. The molecule has 1 fully saturated rings. The highest BCUT2D eigenvalue weighted by Gasteiger charge is 2.35. The summed E-state index contributed by atoms with van der Waals surface area (Å²) in [5, 5.41) is 8.05. The minimum Gasteiger partial charge on any atom is -0.376 e. The molecule has 0 spiro atoms. The van der Waals surface area contributed by atoms with E-state index in [0.29, 0.717) is 12.1 Å². The molecule has 6 heteroatoms. The zero-order valence-electron chi connectivity index (χ0n) is 15.5. The van der Waals surface area contributed by atoms with Gasteiger partial charge in [0.25, 0.3) is 5.91 Å². The maximum absolute atomic E-state index is 13.3. The lowest BCUT2D eigenvalue weighted by Gasteiger charge is -2.38. The van der Waals surface area contributed by atoms with Gasteiger partial charge in [-0.15, -0.1) is 0 Å². The third-order valence-electron chi connectivity index (χ3n) is 5.39. The summed E-state index contributed by atoms with van der Waals surface area (Å²) in [6.07, 6.45) is 5.66. The molecule has 1 N–H and O–H groups in total. The van der Waals surface area contributed by atoms with Crippen LogP contribution in [0.4, 0.5) is 5.69 Å². The molecule has 1 saturated heterocycles. The molecule has 0 unspecified atom stereocenters. The van der Waals surface area contributed by atoms with E-state index in [2.05, 4.69) is 10.4 Å². The van der Waals surface area contributed by atoms with Crippen LogP contribution in [0, 0.1) is 0 Å². The minimum atomic E-state index is -0.274. The Kier molecular flexibility index (Phi) is 4.33. The lowest BCUT2D eigenvalue weighted by Crippen LogP contribution is -2.46. The quantitative estimate of drug-likeness (QED) is 0.758. The van der Waals surface area contributed by atoms with Crippen LogP contribution in [0.25, 0.3) is 5.69 Å². The van der Waals surface area contributed by atoms with Gasteiger partial charge in [-0.1, -0.05) is 30.3 Å². The van der Waals surface area contributed by atoms with Crippen LogP contribution in [0.15, 0.2) is 67.0 Å². The van der Waals surface area contributed by atoms with Gasteiger partial charge in [-0.05, 0) is 37.1 Å². The van der Waals surface area contributed by atoms with Gasteiger partial charge in [0.2, 0.25) is 0 Å². The van der Waals surface area contributed by atoms with Crippen LogP contribution in [-0.4, -0.2) is 39.8 Å². The van der Waals surface area contributed by atoms with Gasteiger partial charge in [0.15, 0.2) is 0 Å². The van der Waals surface area contributed by atoms with Gasteiger partial charge >= 0.3 is 0 Å². The molecule has 2 atom stereocenters. The Morgan fingerprint density at radius 2 is 1.93 bits per heavy atom. The third kappa shape index (κ3) is 3.05. The number of hydrogen-bond donors (Lipinski definition) is 1. The normalized spacial score (nSPS) is 21.4. The monoisotopic (exact) mass is 374 g/mol. The van der Waals surface area contributed by atoms with Gasteiger partial charge in [-0.2, -0.15) is 5.10 Å². The number of benzene rings is 2. The molecule has 0 saturated carbocycles. The van der Waals surface area contributed by atoms with Crippen molar-refractivity contribution in [3.63, 3.8) is 0 Å². The summed E-state index contributed by atoms with van der Waals surface area (Å²) >= 11 is 0. The Morgan fingerprint density at radius 1 is 1.11 bits per heavy atom. The van der Waals surface area contributed by atoms with Crippen molar-refractivity contribution >= 4 is 11.6 Å². The van der Waals surface area contributed by atoms with E-state index in [1.165, 1.54) is 0 Å². The number of para-hydroxylation sites is 2. The SMILES string of the molecule is O=C1c2ccccc2N[C@H](c2cnn(-c3ccccc3)c2)N1C[C@H]1CCCO1. The highest BCUT2D eigenvalue weighted by atomic mass is 16.5. The van der Waals surface area contributed by atoms with Gasteiger partial charge in [0.05, 0.1) is 23.6 Å². The number of amides is 1. The lowest BCUT2D eigenvalue weighted by molar-refractivity contribution is 0.0427. The molecule has 2 aliphatic heterocycles. The van der Waals surface area contributed by atoms with Gasteiger partial charge in [-0.25, -0.2) is 4.68 Å². The molecule has 28 heavy (non-hydrogen) atoms. The van der Waals surface area contributed by atoms with E-state index in [4.69, 9.17) is 4.74 Å². The Morgan fingerprint density at radius 3 is 2.75 bits per heavy atom. The van der Waals surface area contributed by atoms with Gasteiger partial charge in [-0.3, -0.25) is 4.79 Å². The van der Waals surface area contributed by atoms with Crippen molar-refractivity contribution in [3.05, 3.63) is 78.1 Å². The fourth-order valence-corrected chi connectivity index (χ4v) is 3.95. The summed E-state index contributed by atoms with van der Waals surface area (Å²) in [5.41, 5.74) is 3.49. The van der Waals surface area contributed by atoms with Crippen LogP contribution in [0.5, 0.6) is 0 Å². The Balaban J connectivity index is 1.50. The number of hydrogen-bond acceptors (Lipinski definition) is 4. The third-order valence-corrected chi connectivity index (χ3v) is 5.39. The molecule has 6 nitrogen and oxygen atoms in total. The summed E-state index contributed by atoms with van der Waals surface area (Å²) in [4.78, 5) is 15.1. The first kappa shape index (κ1) is 17.0. The number of fused-ring (bicyclic) bond motifs is 1. The van der Waals surface area contributed by atoms with E-state index in [-0.39, 0.29) is 18.2 Å². The molecule has 1 aromatic heterocycles. The number of nitrogens with zero attached hydrogens (tertiary/aromatic N) is 3. The molecule has 0 radical (unpaired) electrons. The average Bonchev–Trinajstić information content (AvgIpc) is 3.43. The fraction of sp³-hybridized carbons (Fsp3) is 0.273. The predicted octanol–water partition coefficient (Wildman–Crippen LogP) is 3.62. The number of carbonyl (C=O) groups excluding carboxylic acids is 1. The van der Waals surface area contributed by atoms with E-state index < -0.39 is 0 Å². The van der Waals surface area contributed by atoms with Gasteiger partial charge in [0.1, 0.15) is 6.17 Å². The molecule has 1 amide bonds. The second kappa shape index (κ2) is 7.13. The maximum Gasteiger partial charge on any atom is 0.257 e. The van der Waals surface area contributed by atoms with Gasteiger partial charge < -0.3 is 15.0 Å². The van der Waals surface area contributed by atoms with Crippen molar-refractivity contribution in [1.82, 2.24) is 14.7 Å². The standard InChI is InChI=1S/C22H22N4O2/c27-22-19-10-4-5-11-20(19)24-21(25(22)15-18-9-6-12-28-18)16-13-23-26(14-16)17-7-2-1-3-8-17/h1-5,7-8,10-11,13-14,18,21,24H,6,9,12,15H2/t18-,21+/m1/s1. The predicted molar refractivity (Wildman–Crippen MR) is 106 cm³/mol. The molecule has 142 valence electrons. The summed E-state index contributed by atoms with van der Waals surface area (Å²) in [7, 11) is 0. The van der Waals surface area contributed by atoms with Crippen molar-refractivity contribution in [2.45, 2.75) is 25.1 Å². The smallest absolute Gasteiger partial charge is 0.257 e. The average molecular weight is 374 g/mol. The number of nitrogens with one attached hydrogen (secondary N) is 1. The second-order valence-corrected chi connectivity index (χ2v) is 7.24. The first-order valence-electron chi connectivity index (χ1n) is 9.68. The molecule has 5 rings (SSSR count). The summed E-state index contributed by atoms with van der Waals surface area (Å²) in [5.74, 6) is 0.0299. The molecule has 3 heterocycles. The minimum absolute atomic E-state index is 0.0299. The molecule has 3 aromatic rings. The van der Waals surface area contributed by atoms with Crippen LogP contribution >= 0.6 is 0 Å². The van der Waals surface area contributed by atoms with Crippen molar-refractivity contribution < 1.29 is 9.53 Å². The first-order valence-corrected chi connectivity index (χ1v) is 9.68. The van der Waals surface area contributed by atoms with E-state index in [0.717, 1.165) is 36.4 Å². The van der Waals surface area contributed by atoms with Crippen LogP contribution in [0.1, 0.15) is 34.9 Å². The highest BCUT2D eigenvalue weighted by Crippen LogP contribution is 2.34. The summed E-state index contributed by atoms with van der Waals surface area (Å²) in [6.45, 7) is 1.34. The summed E-state index contributed by atoms with van der Waals surface area (Å²) in [6, 6.07) is 17.6. The van der Waals surface area contributed by atoms with Crippen molar-refractivity contribution in [2.24, 2.45) is 0 Å². The van der Waals surface area contributed by atoms with Crippen LogP contribution in [0.2, 0.25) is 0 Å². The second-order valence-electron chi connectivity index (χ2n) is 7.24. The zero-order chi connectivity index (χ0) is 18.9. The largest absolute Gasteiger partial charge is 0.376 e. The molecular formula is C22H22N4O2. The molecule has 2 aromatic carbocycles. The lowest BCUT2D eigenvalue weighted by atomic mass is 10.0. The number of carbonyl (C=O) groups is 1. The Labute approximate surface area is 163 Å². The van der Waals surface area contributed by atoms with E-state index in [1.807, 2.05) is 76.6 Å². The molecule has 0 aliphatic carbocycles. The van der Waals surface area contributed by atoms with E-state index in [1.54, 1.807) is 0 Å².